The summed E-state index contributed by atoms with van der Waals surface area (Å²) < 4.78 is 23.9. The van der Waals surface area contributed by atoms with Gasteiger partial charge in [0.1, 0.15) is 11.6 Å². The van der Waals surface area contributed by atoms with Crippen LogP contribution >= 0.6 is 0 Å². The minimum atomic E-state index is -0.324. The number of halogens is 1. The maximum atomic E-state index is 13.4. The van der Waals surface area contributed by atoms with Gasteiger partial charge in [0.15, 0.2) is 0 Å². The molecule has 3 aromatic rings. The fourth-order valence-corrected chi connectivity index (χ4v) is 3.96. The van der Waals surface area contributed by atoms with Gasteiger partial charge < -0.3 is 14.6 Å². The maximum absolute atomic E-state index is 13.4. The molecule has 1 saturated heterocycles. The van der Waals surface area contributed by atoms with Gasteiger partial charge in [-0.1, -0.05) is 17.3 Å². The third-order valence-electron chi connectivity index (χ3n) is 5.74. The number of amides is 1. The molecule has 0 unspecified atom stereocenters. The van der Waals surface area contributed by atoms with Crippen LogP contribution in [0.2, 0.25) is 0 Å². The Morgan fingerprint density at radius 1 is 1.23 bits per heavy atom. The zero-order valence-electron chi connectivity index (χ0n) is 17.7. The molecule has 0 bridgehead atoms. The van der Waals surface area contributed by atoms with Gasteiger partial charge in [-0.2, -0.15) is 0 Å². The van der Waals surface area contributed by atoms with E-state index in [0.717, 1.165) is 55.0 Å². The van der Waals surface area contributed by atoms with Crippen molar-refractivity contribution in [3.8, 4) is 5.75 Å². The highest BCUT2D eigenvalue weighted by atomic mass is 19.1. The minimum Gasteiger partial charge on any atom is -0.497 e. The molecule has 4 rings (SSSR count). The molecule has 7 heteroatoms. The Balaban J connectivity index is 1.33. The van der Waals surface area contributed by atoms with Crippen LogP contribution in [0, 0.1) is 12.7 Å². The second-order valence-corrected chi connectivity index (χ2v) is 7.93. The lowest BCUT2D eigenvalue weighted by atomic mass is 9.93. The van der Waals surface area contributed by atoms with E-state index in [9.17, 15) is 9.18 Å². The Morgan fingerprint density at radius 2 is 2.03 bits per heavy atom. The summed E-state index contributed by atoms with van der Waals surface area (Å²) in [5.41, 5.74) is 3.39. The first-order valence-corrected chi connectivity index (χ1v) is 10.4. The molecule has 1 fully saturated rings. The molecule has 0 radical (unpaired) electrons. The van der Waals surface area contributed by atoms with Gasteiger partial charge in [-0.15, -0.1) is 0 Å². The number of carbonyl (C=O) groups excluding carboxylic acids is 1. The van der Waals surface area contributed by atoms with Crippen LogP contribution in [0.1, 0.15) is 46.1 Å². The van der Waals surface area contributed by atoms with Gasteiger partial charge in [-0.25, -0.2) is 4.39 Å². The van der Waals surface area contributed by atoms with Gasteiger partial charge in [0.05, 0.1) is 12.8 Å². The summed E-state index contributed by atoms with van der Waals surface area (Å²) in [5, 5.41) is 7.01. The fraction of sp³-hybridized carbons (Fsp3) is 0.333. The lowest BCUT2D eigenvalue weighted by molar-refractivity contribution is 0.0987. The van der Waals surface area contributed by atoms with Crippen molar-refractivity contribution >= 4 is 11.6 Å². The highest BCUT2D eigenvalue weighted by Crippen LogP contribution is 2.29. The lowest BCUT2D eigenvalue weighted by Gasteiger charge is -2.31. The Hall–Kier alpha value is -3.19. The number of carbonyl (C=O) groups is 1. The van der Waals surface area contributed by atoms with Gasteiger partial charge in [0.2, 0.25) is 5.76 Å². The topological polar surface area (TPSA) is 67.6 Å². The third-order valence-corrected chi connectivity index (χ3v) is 5.74. The number of nitrogens with one attached hydrogen (secondary N) is 1. The quantitative estimate of drug-likeness (QED) is 0.619. The summed E-state index contributed by atoms with van der Waals surface area (Å²) in [6, 6.07) is 13.9. The lowest BCUT2D eigenvalue weighted by Crippen LogP contribution is -2.32. The van der Waals surface area contributed by atoms with Crippen LogP contribution in [0.5, 0.6) is 5.75 Å². The molecule has 0 aliphatic carbocycles. The predicted molar refractivity (Wildman–Crippen MR) is 116 cm³/mol. The number of hydrogen-bond donors (Lipinski definition) is 1. The summed E-state index contributed by atoms with van der Waals surface area (Å²) in [4.78, 5) is 14.9. The number of methoxy groups -OCH3 is 1. The standard InChI is InChI=1S/C24H26FN3O3/c1-16-12-20(30-2)6-7-21(16)26-24(29)23-14-22(27-31-23)18-8-10-28(11-9-18)15-17-4-3-5-19(25)13-17/h3-7,12-14,18H,8-11,15H2,1-2H3,(H,26,29). The van der Waals surface area contributed by atoms with Gasteiger partial charge >= 0.3 is 0 Å². The van der Waals surface area contributed by atoms with Gasteiger partial charge in [-0.3, -0.25) is 9.69 Å². The fourth-order valence-electron chi connectivity index (χ4n) is 3.96. The van der Waals surface area contributed by atoms with Crippen molar-refractivity contribution in [3.63, 3.8) is 0 Å². The van der Waals surface area contributed by atoms with E-state index < -0.39 is 0 Å². The van der Waals surface area contributed by atoms with E-state index in [1.807, 2.05) is 19.1 Å². The van der Waals surface area contributed by atoms with E-state index in [4.69, 9.17) is 9.26 Å². The molecule has 31 heavy (non-hydrogen) atoms. The molecule has 6 nitrogen and oxygen atoms in total. The summed E-state index contributed by atoms with van der Waals surface area (Å²) in [6.45, 7) is 4.42. The van der Waals surface area contributed by atoms with E-state index in [1.54, 1.807) is 37.4 Å². The zero-order valence-corrected chi connectivity index (χ0v) is 17.7. The molecular weight excluding hydrogens is 397 g/mol. The van der Waals surface area contributed by atoms with E-state index in [1.165, 1.54) is 6.07 Å². The van der Waals surface area contributed by atoms with Crippen molar-refractivity contribution < 1.29 is 18.4 Å². The van der Waals surface area contributed by atoms with E-state index in [0.29, 0.717) is 5.69 Å². The van der Waals surface area contributed by atoms with Crippen LogP contribution in [0.15, 0.2) is 53.1 Å². The third kappa shape index (κ3) is 5.11. The van der Waals surface area contributed by atoms with Crippen molar-refractivity contribution in [2.24, 2.45) is 0 Å². The zero-order chi connectivity index (χ0) is 21.8. The molecule has 1 aliphatic heterocycles. The number of nitrogens with zero attached hydrogens (tertiary/aromatic N) is 2. The average molecular weight is 423 g/mol. The normalized spacial score (nSPS) is 15.1. The monoisotopic (exact) mass is 423 g/mol. The van der Waals surface area contributed by atoms with Crippen molar-refractivity contribution in [1.82, 2.24) is 10.1 Å². The number of piperidine rings is 1. The maximum Gasteiger partial charge on any atom is 0.294 e. The molecular formula is C24H26FN3O3. The Bertz CT molecular complexity index is 1060. The second-order valence-electron chi connectivity index (χ2n) is 7.93. The molecule has 1 amide bonds. The van der Waals surface area contributed by atoms with Gasteiger partial charge in [0.25, 0.3) is 5.91 Å². The van der Waals surface area contributed by atoms with Crippen LogP contribution < -0.4 is 10.1 Å². The average Bonchev–Trinajstić information content (AvgIpc) is 3.26. The second kappa shape index (κ2) is 9.31. The van der Waals surface area contributed by atoms with Gasteiger partial charge in [0, 0.05) is 24.2 Å². The smallest absolute Gasteiger partial charge is 0.294 e. The number of aromatic nitrogens is 1. The number of anilines is 1. The van der Waals surface area contributed by atoms with Crippen LogP contribution in [-0.2, 0) is 6.54 Å². The number of ether oxygens (including phenoxy) is 1. The van der Waals surface area contributed by atoms with Crippen LogP contribution in [0.3, 0.4) is 0 Å². The van der Waals surface area contributed by atoms with E-state index >= 15 is 0 Å². The van der Waals surface area contributed by atoms with Crippen LogP contribution in [0.25, 0.3) is 0 Å². The number of likely N-dealkylation sites (tertiary alicyclic amines) is 1. The van der Waals surface area contributed by atoms with Crippen molar-refractivity contribution in [2.75, 3.05) is 25.5 Å². The first-order valence-electron chi connectivity index (χ1n) is 10.4. The van der Waals surface area contributed by atoms with E-state index in [2.05, 4.69) is 15.4 Å². The van der Waals surface area contributed by atoms with Crippen LogP contribution in [-0.4, -0.2) is 36.2 Å². The highest BCUT2D eigenvalue weighted by Gasteiger charge is 2.25. The summed E-state index contributed by atoms with van der Waals surface area (Å²) in [6.07, 6.45) is 1.83. The summed E-state index contributed by atoms with van der Waals surface area (Å²) >= 11 is 0. The van der Waals surface area contributed by atoms with Gasteiger partial charge in [-0.05, 0) is 74.3 Å². The molecule has 0 spiro atoms. The molecule has 2 aromatic carbocycles. The first kappa shape index (κ1) is 21.1. The summed E-state index contributed by atoms with van der Waals surface area (Å²) in [7, 11) is 1.61. The number of benzene rings is 2. The Morgan fingerprint density at radius 3 is 2.74 bits per heavy atom. The predicted octanol–water partition coefficient (Wildman–Crippen LogP) is 4.76. The molecule has 0 atom stereocenters. The molecule has 0 saturated carbocycles. The molecule has 1 aliphatic rings. The van der Waals surface area contributed by atoms with Crippen molar-refractivity contribution in [1.29, 1.82) is 0 Å². The highest BCUT2D eigenvalue weighted by molar-refractivity contribution is 6.02. The summed E-state index contributed by atoms with van der Waals surface area (Å²) in [5.74, 6) is 0.659. The van der Waals surface area contributed by atoms with Crippen LogP contribution in [0.4, 0.5) is 10.1 Å². The SMILES string of the molecule is COc1ccc(NC(=O)c2cc(C3CCN(Cc4cccc(F)c4)CC3)no2)c(C)c1. The van der Waals surface area contributed by atoms with E-state index in [-0.39, 0.29) is 23.4 Å². The number of aryl methyl sites for hydroxylation is 1. The van der Waals surface area contributed by atoms with Crippen molar-refractivity contribution in [2.45, 2.75) is 32.2 Å². The Kier molecular flexibility index (Phi) is 6.32. The Labute approximate surface area is 181 Å². The first-order chi connectivity index (χ1) is 15.0. The number of rotatable bonds is 6. The molecule has 1 N–H and O–H groups in total. The van der Waals surface area contributed by atoms with Crippen molar-refractivity contribution in [3.05, 3.63) is 76.9 Å². The molecule has 162 valence electrons. The number of hydrogen-bond acceptors (Lipinski definition) is 5. The molecule has 1 aromatic heterocycles. The largest absolute Gasteiger partial charge is 0.497 e. The minimum absolute atomic E-state index is 0.201. The molecule has 2 heterocycles.